The number of carbonyl (C=O) groups excluding carboxylic acids is 1. The first-order valence-corrected chi connectivity index (χ1v) is 7.65. The van der Waals surface area contributed by atoms with E-state index in [4.69, 9.17) is 0 Å². The number of amides is 1. The van der Waals surface area contributed by atoms with E-state index in [9.17, 15) is 9.90 Å². The van der Waals surface area contributed by atoms with Crippen LogP contribution in [0.15, 0.2) is 0 Å². The lowest BCUT2D eigenvalue weighted by Crippen LogP contribution is -2.46. The van der Waals surface area contributed by atoms with Crippen molar-refractivity contribution in [1.29, 1.82) is 0 Å². The minimum atomic E-state index is 0.0835. The van der Waals surface area contributed by atoms with Gasteiger partial charge in [-0.15, -0.1) is 0 Å². The predicted molar refractivity (Wildman–Crippen MR) is 78.0 cm³/mol. The van der Waals surface area contributed by atoms with Gasteiger partial charge in [0.25, 0.3) is 0 Å². The van der Waals surface area contributed by atoms with E-state index in [1.807, 2.05) is 11.9 Å². The Balaban J connectivity index is 2.45. The molecule has 1 saturated carbocycles. The maximum absolute atomic E-state index is 12.1. The lowest BCUT2D eigenvalue weighted by Gasteiger charge is -2.31. The van der Waals surface area contributed by atoms with Gasteiger partial charge in [0.2, 0.25) is 5.91 Å². The van der Waals surface area contributed by atoms with Crippen molar-refractivity contribution in [2.24, 2.45) is 5.92 Å². The van der Waals surface area contributed by atoms with E-state index < -0.39 is 0 Å². The van der Waals surface area contributed by atoms with Crippen LogP contribution in [0.3, 0.4) is 0 Å². The van der Waals surface area contributed by atoms with Gasteiger partial charge in [-0.25, -0.2) is 0 Å². The third-order valence-electron chi connectivity index (χ3n) is 4.28. The maximum Gasteiger partial charge on any atom is 0.234 e. The first-order valence-electron chi connectivity index (χ1n) is 7.65. The van der Waals surface area contributed by atoms with Crippen molar-refractivity contribution in [3.63, 3.8) is 0 Å². The molecule has 0 aromatic carbocycles. The lowest BCUT2D eigenvalue weighted by molar-refractivity contribution is -0.123. The molecule has 1 aliphatic rings. The highest BCUT2D eigenvalue weighted by molar-refractivity contribution is 5.78. The van der Waals surface area contributed by atoms with Crippen LogP contribution in [-0.4, -0.2) is 48.2 Å². The molecule has 0 aromatic heterocycles. The molecule has 1 rings (SSSR count). The zero-order valence-corrected chi connectivity index (χ0v) is 12.7. The summed E-state index contributed by atoms with van der Waals surface area (Å²) in [5.41, 5.74) is 0. The van der Waals surface area contributed by atoms with Crippen molar-refractivity contribution < 1.29 is 9.90 Å². The van der Waals surface area contributed by atoms with Crippen molar-refractivity contribution in [2.45, 2.75) is 64.5 Å². The van der Waals surface area contributed by atoms with E-state index in [0.29, 0.717) is 24.9 Å². The molecular formula is C15H30N2O2. The monoisotopic (exact) mass is 270 g/mol. The standard InChI is InChI=1S/C15H30N2O2/c1-12(2)17(3)11-15(19)16-14(9-10-18)13-7-5-4-6-8-13/h12-14,18H,4-11H2,1-3H3,(H,16,19). The highest BCUT2D eigenvalue weighted by atomic mass is 16.3. The van der Waals surface area contributed by atoms with E-state index in [-0.39, 0.29) is 18.6 Å². The first kappa shape index (κ1) is 16.4. The number of nitrogens with one attached hydrogen (secondary N) is 1. The van der Waals surface area contributed by atoms with Crippen LogP contribution in [0.1, 0.15) is 52.4 Å². The number of hydrogen-bond donors (Lipinski definition) is 2. The van der Waals surface area contributed by atoms with Crippen LogP contribution in [0.2, 0.25) is 0 Å². The number of hydrogen-bond acceptors (Lipinski definition) is 3. The molecule has 1 unspecified atom stereocenters. The number of carbonyl (C=O) groups is 1. The number of likely N-dealkylation sites (N-methyl/N-ethyl adjacent to an activating group) is 1. The molecule has 4 nitrogen and oxygen atoms in total. The molecule has 1 amide bonds. The van der Waals surface area contributed by atoms with E-state index >= 15 is 0 Å². The van der Waals surface area contributed by atoms with Crippen LogP contribution in [0.5, 0.6) is 0 Å². The molecule has 19 heavy (non-hydrogen) atoms. The highest BCUT2D eigenvalue weighted by Crippen LogP contribution is 2.27. The van der Waals surface area contributed by atoms with Crippen molar-refractivity contribution in [3.05, 3.63) is 0 Å². The quantitative estimate of drug-likeness (QED) is 0.741. The summed E-state index contributed by atoms with van der Waals surface area (Å²) >= 11 is 0. The van der Waals surface area contributed by atoms with E-state index in [2.05, 4.69) is 19.2 Å². The Bertz CT molecular complexity index is 263. The summed E-state index contributed by atoms with van der Waals surface area (Å²) in [5, 5.41) is 12.3. The largest absolute Gasteiger partial charge is 0.396 e. The topological polar surface area (TPSA) is 52.6 Å². The van der Waals surface area contributed by atoms with Gasteiger partial charge in [0.1, 0.15) is 0 Å². The summed E-state index contributed by atoms with van der Waals surface area (Å²) in [6.07, 6.45) is 6.88. The van der Waals surface area contributed by atoms with Gasteiger partial charge >= 0.3 is 0 Å². The van der Waals surface area contributed by atoms with Crippen LogP contribution >= 0.6 is 0 Å². The summed E-state index contributed by atoms with van der Waals surface area (Å²) in [5.74, 6) is 0.634. The molecule has 0 heterocycles. The summed E-state index contributed by atoms with van der Waals surface area (Å²) in [6.45, 7) is 4.76. The summed E-state index contributed by atoms with van der Waals surface area (Å²) in [6, 6.07) is 0.523. The fraction of sp³-hybridized carbons (Fsp3) is 0.933. The fourth-order valence-corrected chi connectivity index (χ4v) is 2.76. The van der Waals surface area contributed by atoms with Gasteiger partial charge in [0, 0.05) is 18.7 Å². The Hall–Kier alpha value is -0.610. The second-order valence-electron chi connectivity index (χ2n) is 6.09. The van der Waals surface area contributed by atoms with E-state index in [1.165, 1.54) is 32.1 Å². The SMILES string of the molecule is CC(C)N(C)CC(=O)NC(CCO)C1CCCCC1. The molecule has 0 aliphatic heterocycles. The zero-order valence-electron chi connectivity index (χ0n) is 12.7. The van der Waals surface area contributed by atoms with Gasteiger partial charge < -0.3 is 10.4 Å². The molecule has 2 N–H and O–H groups in total. The average Bonchev–Trinajstić information content (AvgIpc) is 2.39. The number of rotatable bonds is 7. The van der Waals surface area contributed by atoms with Crippen molar-refractivity contribution in [3.8, 4) is 0 Å². The molecule has 112 valence electrons. The molecule has 4 heteroatoms. The van der Waals surface area contributed by atoms with Crippen LogP contribution in [0.25, 0.3) is 0 Å². The molecular weight excluding hydrogens is 240 g/mol. The van der Waals surface area contributed by atoms with Crippen LogP contribution < -0.4 is 5.32 Å². The normalized spacial score (nSPS) is 18.8. The summed E-state index contributed by atoms with van der Waals surface area (Å²) in [7, 11) is 1.96. The Labute approximate surface area is 117 Å². The zero-order chi connectivity index (χ0) is 14.3. The van der Waals surface area contributed by atoms with Gasteiger partial charge in [-0.05, 0) is 46.1 Å². The highest BCUT2D eigenvalue weighted by Gasteiger charge is 2.25. The molecule has 0 bridgehead atoms. The minimum absolute atomic E-state index is 0.0835. The van der Waals surface area contributed by atoms with Crippen molar-refractivity contribution in [2.75, 3.05) is 20.2 Å². The van der Waals surface area contributed by atoms with Gasteiger partial charge in [0.05, 0.1) is 6.54 Å². The van der Waals surface area contributed by atoms with Gasteiger partial charge in [0.15, 0.2) is 0 Å². The molecule has 0 spiro atoms. The molecule has 1 aliphatic carbocycles. The van der Waals surface area contributed by atoms with Crippen LogP contribution in [-0.2, 0) is 4.79 Å². The molecule has 1 fully saturated rings. The van der Waals surface area contributed by atoms with Gasteiger partial charge in [-0.1, -0.05) is 19.3 Å². The van der Waals surface area contributed by atoms with Crippen LogP contribution in [0.4, 0.5) is 0 Å². The Morgan fingerprint density at radius 3 is 2.47 bits per heavy atom. The second kappa shape index (κ2) is 8.54. The van der Waals surface area contributed by atoms with E-state index in [0.717, 1.165) is 0 Å². The van der Waals surface area contributed by atoms with Crippen LogP contribution in [0, 0.1) is 5.92 Å². The third-order valence-corrected chi connectivity index (χ3v) is 4.28. The Kier molecular flexibility index (Phi) is 7.39. The Morgan fingerprint density at radius 1 is 1.32 bits per heavy atom. The van der Waals surface area contributed by atoms with Gasteiger partial charge in [-0.3, -0.25) is 9.69 Å². The maximum atomic E-state index is 12.1. The minimum Gasteiger partial charge on any atom is -0.396 e. The lowest BCUT2D eigenvalue weighted by atomic mass is 9.82. The Morgan fingerprint density at radius 2 is 1.95 bits per heavy atom. The summed E-state index contributed by atoms with van der Waals surface area (Å²) < 4.78 is 0. The molecule has 0 radical (unpaired) electrons. The average molecular weight is 270 g/mol. The third kappa shape index (κ3) is 5.91. The number of aliphatic hydroxyl groups excluding tert-OH is 1. The van der Waals surface area contributed by atoms with Crippen molar-refractivity contribution >= 4 is 5.91 Å². The summed E-state index contributed by atoms with van der Waals surface area (Å²) in [4.78, 5) is 14.1. The smallest absolute Gasteiger partial charge is 0.234 e. The second-order valence-corrected chi connectivity index (χ2v) is 6.09. The first-order chi connectivity index (χ1) is 9.04. The number of nitrogens with zero attached hydrogens (tertiary/aromatic N) is 1. The van der Waals surface area contributed by atoms with Gasteiger partial charge in [-0.2, -0.15) is 0 Å². The van der Waals surface area contributed by atoms with Crippen molar-refractivity contribution in [1.82, 2.24) is 10.2 Å². The predicted octanol–water partition coefficient (Wildman–Crippen LogP) is 1.77. The fourth-order valence-electron chi connectivity index (χ4n) is 2.76. The van der Waals surface area contributed by atoms with E-state index in [1.54, 1.807) is 0 Å². The molecule has 0 saturated heterocycles. The number of aliphatic hydroxyl groups is 1. The molecule has 0 aromatic rings. The molecule has 1 atom stereocenters.